The summed E-state index contributed by atoms with van der Waals surface area (Å²) >= 11 is 1.81. The average molecular weight is 298 g/mol. The van der Waals surface area contributed by atoms with Gasteiger partial charge < -0.3 is 0 Å². The Morgan fingerprint density at radius 3 is 3.05 bits per heavy atom. The van der Waals surface area contributed by atoms with Crippen molar-refractivity contribution < 1.29 is 0 Å². The molecule has 3 aromatic rings. The second-order valence-electron chi connectivity index (χ2n) is 5.65. The standard InChI is InChI=1S/C16H18N4S/c1-19-10-12(9-17-19)14-6-4-8-20(14)11-16-18-13-5-2-3-7-15(13)21-16/h2-3,5,7,9-10,14H,4,6,8,11H2,1H3. The molecule has 0 bridgehead atoms. The number of benzene rings is 1. The highest BCUT2D eigenvalue weighted by Gasteiger charge is 2.27. The molecule has 1 unspecified atom stereocenters. The zero-order valence-corrected chi connectivity index (χ0v) is 12.9. The zero-order chi connectivity index (χ0) is 14.2. The van der Waals surface area contributed by atoms with Crippen LogP contribution in [0.3, 0.4) is 0 Å². The first kappa shape index (κ1) is 13.0. The van der Waals surface area contributed by atoms with Crippen LogP contribution in [-0.2, 0) is 13.6 Å². The van der Waals surface area contributed by atoms with Gasteiger partial charge in [-0.05, 0) is 31.5 Å². The SMILES string of the molecule is Cn1cc(C2CCCN2Cc2nc3ccccc3s2)cn1. The first-order valence-corrected chi connectivity index (χ1v) is 8.18. The molecule has 1 aliphatic heterocycles. The zero-order valence-electron chi connectivity index (χ0n) is 12.1. The molecule has 5 heteroatoms. The van der Waals surface area contributed by atoms with E-state index in [0.29, 0.717) is 6.04 Å². The topological polar surface area (TPSA) is 34.0 Å². The molecule has 1 atom stereocenters. The second kappa shape index (κ2) is 5.24. The summed E-state index contributed by atoms with van der Waals surface area (Å²) in [6.45, 7) is 2.09. The molecule has 0 radical (unpaired) electrons. The molecule has 2 aromatic heterocycles. The Labute approximate surface area is 128 Å². The third-order valence-electron chi connectivity index (χ3n) is 4.15. The van der Waals surface area contributed by atoms with E-state index in [4.69, 9.17) is 4.98 Å². The van der Waals surface area contributed by atoms with Crippen LogP contribution in [0.2, 0.25) is 0 Å². The quantitative estimate of drug-likeness (QED) is 0.743. The van der Waals surface area contributed by atoms with Gasteiger partial charge >= 0.3 is 0 Å². The Kier molecular flexibility index (Phi) is 3.24. The molecule has 3 heterocycles. The predicted molar refractivity (Wildman–Crippen MR) is 85.2 cm³/mol. The van der Waals surface area contributed by atoms with E-state index in [2.05, 4.69) is 40.5 Å². The minimum Gasteiger partial charge on any atom is -0.290 e. The van der Waals surface area contributed by atoms with Crippen molar-refractivity contribution in [1.29, 1.82) is 0 Å². The molecule has 1 saturated heterocycles. The molecular weight excluding hydrogens is 280 g/mol. The maximum Gasteiger partial charge on any atom is 0.108 e. The monoisotopic (exact) mass is 298 g/mol. The van der Waals surface area contributed by atoms with Crippen molar-refractivity contribution in [3.8, 4) is 0 Å². The molecule has 0 spiro atoms. The predicted octanol–water partition coefficient (Wildman–Crippen LogP) is 3.37. The molecule has 4 rings (SSSR count). The average Bonchev–Trinajstić information content (AvgIpc) is 3.17. The molecule has 1 fully saturated rings. The number of nitrogens with zero attached hydrogens (tertiary/aromatic N) is 4. The Balaban J connectivity index is 1.57. The van der Waals surface area contributed by atoms with Crippen molar-refractivity contribution in [2.45, 2.75) is 25.4 Å². The minimum atomic E-state index is 0.491. The van der Waals surface area contributed by atoms with Crippen LogP contribution in [0.4, 0.5) is 0 Å². The van der Waals surface area contributed by atoms with Crippen molar-refractivity contribution in [3.63, 3.8) is 0 Å². The van der Waals surface area contributed by atoms with E-state index < -0.39 is 0 Å². The summed E-state index contributed by atoms with van der Waals surface area (Å²) in [5.74, 6) is 0. The summed E-state index contributed by atoms with van der Waals surface area (Å²) in [4.78, 5) is 7.30. The van der Waals surface area contributed by atoms with Gasteiger partial charge in [0.25, 0.3) is 0 Å². The summed E-state index contributed by atoms with van der Waals surface area (Å²) in [5, 5.41) is 5.53. The van der Waals surface area contributed by atoms with Gasteiger partial charge in [-0.2, -0.15) is 5.10 Å². The first-order valence-electron chi connectivity index (χ1n) is 7.36. The summed E-state index contributed by atoms with van der Waals surface area (Å²) in [5.41, 5.74) is 2.45. The van der Waals surface area contributed by atoms with Gasteiger partial charge in [0.15, 0.2) is 0 Å². The second-order valence-corrected chi connectivity index (χ2v) is 6.77. The molecular formula is C16H18N4S. The van der Waals surface area contributed by atoms with Gasteiger partial charge in [-0.15, -0.1) is 11.3 Å². The normalized spacial score (nSPS) is 19.6. The van der Waals surface area contributed by atoms with Gasteiger partial charge in [-0.1, -0.05) is 12.1 Å². The minimum absolute atomic E-state index is 0.491. The Bertz CT molecular complexity index is 727. The van der Waals surface area contributed by atoms with E-state index in [9.17, 15) is 0 Å². The molecule has 108 valence electrons. The molecule has 1 aliphatic rings. The summed E-state index contributed by atoms with van der Waals surface area (Å²) < 4.78 is 3.17. The van der Waals surface area contributed by atoms with Crippen LogP contribution >= 0.6 is 11.3 Å². The van der Waals surface area contributed by atoms with Gasteiger partial charge in [0.1, 0.15) is 5.01 Å². The number of para-hydroxylation sites is 1. The number of hydrogen-bond donors (Lipinski definition) is 0. The van der Waals surface area contributed by atoms with Crippen LogP contribution in [0.5, 0.6) is 0 Å². The van der Waals surface area contributed by atoms with Crippen molar-refractivity contribution in [2.24, 2.45) is 7.05 Å². The van der Waals surface area contributed by atoms with Crippen LogP contribution in [0.15, 0.2) is 36.7 Å². The summed E-state index contributed by atoms with van der Waals surface area (Å²) in [7, 11) is 1.98. The van der Waals surface area contributed by atoms with Crippen molar-refractivity contribution in [3.05, 3.63) is 47.2 Å². The number of hydrogen-bond acceptors (Lipinski definition) is 4. The number of aryl methyl sites for hydroxylation is 1. The lowest BCUT2D eigenvalue weighted by molar-refractivity contribution is 0.248. The molecule has 21 heavy (non-hydrogen) atoms. The summed E-state index contributed by atoms with van der Waals surface area (Å²) in [6, 6.07) is 8.88. The van der Waals surface area contributed by atoms with Crippen LogP contribution < -0.4 is 0 Å². The highest BCUT2D eigenvalue weighted by molar-refractivity contribution is 7.18. The molecule has 4 nitrogen and oxygen atoms in total. The van der Waals surface area contributed by atoms with Gasteiger partial charge in [0.2, 0.25) is 0 Å². The highest BCUT2D eigenvalue weighted by Crippen LogP contribution is 2.34. The fourth-order valence-electron chi connectivity index (χ4n) is 3.17. The van der Waals surface area contributed by atoms with E-state index in [-0.39, 0.29) is 0 Å². The number of fused-ring (bicyclic) bond motifs is 1. The fourth-order valence-corrected chi connectivity index (χ4v) is 4.16. The largest absolute Gasteiger partial charge is 0.290 e. The smallest absolute Gasteiger partial charge is 0.108 e. The number of aromatic nitrogens is 3. The van der Waals surface area contributed by atoms with E-state index in [1.54, 1.807) is 0 Å². The van der Waals surface area contributed by atoms with E-state index in [1.807, 2.05) is 29.3 Å². The van der Waals surface area contributed by atoms with Crippen molar-refractivity contribution in [1.82, 2.24) is 19.7 Å². The molecule has 0 saturated carbocycles. The van der Waals surface area contributed by atoms with Gasteiger partial charge in [-0.3, -0.25) is 9.58 Å². The lowest BCUT2D eigenvalue weighted by Gasteiger charge is -2.22. The molecule has 0 N–H and O–H groups in total. The number of thiazole rings is 1. The number of likely N-dealkylation sites (tertiary alicyclic amines) is 1. The van der Waals surface area contributed by atoms with E-state index in [1.165, 1.54) is 28.1 Å². The summed E-state index contributed by atoms with van der Waals surface area (Å²) in [6.07, 6.45) is 6.61. The first-order chi connectivity index (χ1) is 10.3. The Morgan fingerprint density at radius 2 is 2.24 bits per heavy atom. The molecule has 0 amide bonds. The van der Waals surface area contributed by atoms with Crippen LogP contribution in [0, 0.1) is 0 Å². The van der Waals surface area contributed by atoms with Crippen LogP contribution in [-0.4, -0.2) is 26.2 Å². The van der Waals surface area contributed by atoms with Gasteiger partial charge in [0, 0.05) is 24.8 Å². The fraction of sp³-hybridized carbons (Fsp3) is 0.375. The number of rotatable bonds is 3. The van der Waals surface area contributed by atoms with Crippen molar-refractivity contribution in [2.75, 3.05) is 6.54 Å². The van der Waals surface area contributed by atoms with Gasteiger partial charge in [0.05, 0.1) is 23.0 Å². The van der Waals surface area contributed by atoms with Crippen LogP contribution in [0.25, 0.3) is 10.2 Å². The maximum absolute atomic E-state index is 4.77. The molecule has 0 aliphatic carbocycles. The van der Waals surface area contributed by atoms with E-state index in [0.717, 1.165) is 18.6 Å². The Hall–Kier alpha value is -1.72. The third kappa shape index (κ3) is 2.47. The highest BCUT2D eigenvalue weighted by atomic mass is 32.1. The van der Waals surface area contributed by atoms with Gasteiger partial charge in [-0.25, -0.2) is 4.98 Å². The van der Waals surface area contributed by atoms with Crippen LogP contribution in [0.1, 0.15) is 29.5 Å². The van der Waals surface area contributed by atoms with Crippen molar-refractivity contribution >= 4 is 21.6 Å². The molecule has 1 aromatic carbocycles. The Morgan fingerprint density at radius 1 is 1.33 bits per heavy atom. The van der Waals surface area contributed by atoms with E-state index >= 15 is 0 Å². The third-order valence-corrected chi connectivity index (χ3v) is 5.17. The maximum atomic E-state index is 4.77. The lowest BCUT2D eigenvalue weighted by atomic mass is 10.1. The lowest BCUT2D eigenvalue weighted by Crippen LogP contribution is -2.22.